The molecule has 2 rings (SSSR count). The van der Waals surface area contributed by atoms with Crippen molar-refractivity contribution in [3.8, 4) is 0 Å². The van der Waals surface area contributed by atoms with Crippen LogP contribution in [0.2, 0.25) is 0 Å². The molecular formula is C11H15NO2S. The first-order chi connectivity index (χ1) is 6.78. The second-order valence-corrected chi connectivity index (χ2v) is 6.79. The summed E-state index contributed by atoms with van der Waals surface area (Å²) in [5.74, 6) is 0. The Morgan fingerprint density at radius 3 is 2.60 bits per heavy atom. The second-order valence-electron chi connectivity index (χ2n) is 4.78. The molecule has 0 bridgehead atoms. The Labute approximate surface area is 90.4 Å². The van der Waals surface area contributed by atoms with E-state index in [2.05, 4.69) is 19.2 Å². The summed E-state index contributed by atoms with van der Waals surface area (Å²) in [6, 6.07) is 5.27. The molecule has 1 aliphatic rings. The fourth-order valence-electron chi connectivity index (χ4n) is 1.95. The van der Waals surface area contributed by atoms with Crippen LogP contribution in [0.3, 0.4) is 0 Å². The largest absolute Gasteiger partial charge is 0.380 e. The molecule has 0 amide bonds. The number of fused-ring (bicyclic) bond motifs is 1. The van der Waals surface area contributed by atoms with E-state index < -0.39 is 9.84 Å². The van der Waals surface area contributed by atoms with Crippen LogP contribution in [0.4, 0.5) is 5.69 Å². The number of sulfone groups is 1. The predicted molar refractivity (Wildman–Crippen MR) is 61.0 cm³/mol. The van der Waals surface area contributed by atoms with Gasteiger partial charge in [-0.1, -0.05) is 0 Å². The molecule has 15 heavy (non-hydrogen) atoms. The van der Waals surface area contributed by atoms with E-state index in [1.54, 1.807) is 12.1 Å². The third-order valence-electron chi connectivity index (χ3n) is 2.61. The van der Waals surface area contributed by atoms with Gasteiger partial charge in [0.1, 0.15) is 0 Å². The summed E-state index contributed by atoms with van der Waals surface area (Å²) in [5, 5.41) is 3.36. The summed E-state index contributed by atoms with van der Waals surface area (Å²) < 4.78 is 22.7. The van der Waals surface area contributed by atoms with E-state index in [-0.39, 0.29) is 5.54 Å². The quantitative estimate of drug-likeness (QED) is 0.793. The maximum Gasteiger partial charge on any atom is 0.175 e. The topological polar surface area (TPSA) is 46.2 Å². The van der Waals surface area contributed by atoms with Crippen molar-refractivity contribution in [2.45, 2.75) is 30.7 Å². The molecule has 1 aliphatic heterocycles. The summed E-state index contributed by atoms with van der Waals surface area (Å²) in [4.78, 5) is 0.403. The Kier molecular flexibility index (Phi) is 2.08. The normalized spacial score (nSPS) is 18.3. The molecule has 4 heteroatoms. The van der Waals surface area contributed by atoms with Crippen molar-refractivity contribution >= 4 is 15.5 Å². The molecule has 3 nitrogen and oxygen atoms in total. The molecule has 0 saturated heterocycles. The zero-order valence-electron chi connectivity index (χ0n) is 9.16. The van der Waals surface area contributed by atoms with Gasteiger partial charge in [-0.2, -0.15) is 0 Å². The number of hydrogen-bond donors (Lipinski definition) is 1. The van der Waals surface area contributed by atoms with Gasteiger partial charge in [-0.15, -0.1) is 0 Å². The highest BCUT2D eigenvalue weighted by molar-refractivity contribution is 7.90. The molecular weight excluding hydrogens is 210 g/mol. The van der Waals surface area contributed by atoms with E-state index in [9.17, 15) is 8.42 Å². The first-order valence-corrected chi connectivity index (χ1v) is 6.78. The van der Waals surface area contributed by atoms with Crippen LogP contribution in [0.5, 0.6) is 0 Å². The molecule has 0 aliphatic carbocycles. The number of benzene rings is 1. The highest BCUT2D eigenvalue weighted by Gasteiger charge is 2.27. The number of rotatable bonds is 1. The first kappa shape index (κ1) is 10.5. The monoisotopic (exact) mass is 225 g/mol. The highest BCUT2D eigenvalue weighted by atomic mass is 32.2. The van der Waals surface area contributed by atoms with Crippen molar-refractivity contribution in [1.82, 2.24) is 0 Å². The Morgan fingerprint density at radius 1 is 1.33 bits per heavy atom. The first-order valence-electron chi connectivity index (χ1n) is 4.89. The van der Waals surface area contributed by atoms with Gasteiger partial charge in [-0.3, -0.25) is 0 Å². The fraction of sp³-hybridized carbons (Fsp3) is 0.455. The predicted octanol–water partition coefficient (Wildman–Crippen LogP) is 1.84. The minimum atomic E-state index is -3.09. The minimum absolute atomic E-state index is 0.0263. The van der Waals surface area contributed by atoms with Crippen LogP contribution in [-0.4, -0.2) is 20.2 Å². The van der Waals surface area contributed by atoms with E-state index in [0.29, 0.717) is 4.90 Å². The number of hydrogen-bond acceptors (Lipinski definition) is 3. The van der Waals surface area contributed by atoms with Gasteiger partial charge >= 0.3 is 0 Å². The van der Waals surface area contributed by atoms with E-state index in [0.717, 1.165) is 17.7 Å². The molecule has 0 fully saturated rings. The van der Waals surface area contributed by atoms with E-state index >= 15 is 0 Å². The molecule has 0 unspecified atom stereocenters. The van der Waals surface area contributed by atoms with E-state index in [4.69, 9.17) is 0 Å². The van der Waals surface area contributed by atoms with Gasteiger partial charge in [0, 0.05) is 17.5 Å². The molecule has 82 valence electrons. The molecule has 0 saturated carbocycles. The lowest BCUT2D eigenvalue weighted by Crippen LogP contribution is -2.26. The molecule has 1 aromatic carbocycles. The summed E-state index contributed by atoms with van der Waals surface area (Å²) in [5.41, 5.74) is 2.16. The number of nitrogens with one attached hydrogen (secondary N) is 1. The summed E-state index contributed by atoms with van der Waals surface area (Å²) in [6.45, 7) is 4.21. The van der Waals surface area contributed by atoms with E-state index in [1.807, 2.05) is 6.07 Å². The average molecular weight is 225 g/mol. The van der Waals surface area contributed by atoms with Gasteiger partial charge in [0.15, 0.2) is 9.84 Å². The lowest BCUT2D eigenvalue weighted by Gasteiger charge is -2.17. The molecule has 0 spiro atoms. The van der Waals surface area contributed by atoms with Crippen LogP contribution in [0, 0.1) is 0 Å². The van der Waals surface area contributed by atoms with Gasteiger partial charge in [0.05, 0.1) is 4.90 Å². The summed E-state index contributed by atoms with van der Waals surface area (Å²) >= 11 is 0. The van der Waals surface area contributed by atoms with Crippen LogP contribution >= 0.6 is 0 Å². The van der Waals surface area contributed by atoms with Crippen LogP contribution in [0.1, 0.15) is 19.4 Å². The Balaban J connectivity index is 2.48. The smallest absolute Gasteiger partial charge is 0.175 e. The van der Waals surface area contributed by atoms with Crippen LogP contribution in [0.25, 0.3) is 0 Å². The molecule has 0 atom stereocenters. The zero-order valence-corrected chi connectivity index (χ0v) is 9.98. The molecule has 0 radical (unpaired) electrons. The summed E-state index contributed by atoms with van der Waals surface area (Å²) in [6.07, 6.45) is 2.11. The third kappa shape index (κ3) is 2.00. The fourth-order valence-corrected chi connectivity index (χ4v) is 2.63. The van der Waals surface area contributed by atoms with E-state index in [1.165, 1.54) is 6.26 Å². The van der Waals surface area contributed by atoms with Crippen LogP contribution in [0.15, 0.2) is 23.1 Å². The molecule has 1 aromatic rings. The van der Waals surface area contributed by atoms with Gasteiger partial charge in [-0.05, 0) is 44.0 Å². The lowest BCUT2D eigenvalue weighted by molar-refractivity contribution is 0.592. The minimum Gasteiger partial charge on any atom is -0.380 e. The maximum atomic E-state index is 11.4. The van der Waals surface area contributed by atoms with Gasteiger partial charge in [-0.25, -0.2) is 8.42 Å². The second kappa shape index (κ2) is 2.98. The Morgan fingerprint density at radius 2 is 2.00 bits per heavy atom. The van der Waals surface area contributed by atoms with Gasteiger partial charge in [0.25, 0.3) is 0 Å². The molecule has 0 aromatic heterocycles. The maximum absolute atomic E-state index is 11.4. The van der Waals surface area contributed by atoms with Gasteiger partial charge in [0.2, 0.25) is 0 Å². The van der Waals surface area contributed by atoms with Crippen molar-refractivity contribution in [3.05, 3.63) is 23.8 Å². The SMILES string of the molecule is CC1(C)Cc2cc(S(C)(=O)=O)ccc2N1. The standard InChI is InChI=1S/C11H15NO2S/c1-11(2)7-8-6-9(15(3,13)14)4-5-10(8)12-11/h4-6,12H,7H2,1-3H3. The van der Waals surface area contributed by atoms with Crippen molar-refractivity contribution < 1.29 is 8.42 Å². The van der Waals surface area contributed by atoms with Crippen molar-refractivity contribution in [1.29, 1.82) is 0 Å². The van der Waals surface area contributed by atoms with Crippen molar-refractivity contribution in [2.24, 2.45) is 0 Å². The zero-order chi connectivity index (χ0) is 11.3. The third-order valence-corrected chi connectivity index (χ3v) is 3.72. The highest BCUT2D eigenvalue weighted by Crippen LogP contribution is 2.33. The van der Waals surface area contributed by atoms with Gasteiger partial charge < -0.3 is 5.32 Å². The van der Waals surface area contributed by atoms with Crippen LogP contribution < -0.4 is 5.32 Å². The lowest BCUT2D eigenvalue weighted by atomic mass is 10.0. The molecule has 1 heterocycles. The van der Waals surface area contributed by atoms with Crippen molar-refractivity contribution in [2.75, 3.05) is 11.6 Å². The van der Waals surface area contributed by atoms with Crippen LogP contribution in [-0.2, 0) is 16.3 Å². The summed E-state index contributed by atoms with van der Waals surface area (Å²) in [7, 11) is -3.09. The Bertz CT molecular complexity index is 503. The van der Waals surface area contributed by atoms with Crippen molar-refractivity contribution in [3.63, 3.8) is 0 Å². The number of anilines is 1. The molecule has 1 N–H and O–H groups in total. The Hall–Kier alpha value is -1.03. The average Bonchev–Trinajstić information content (AvgIpc) is 2.34.